The standard InChI is InChI=1S/C10H10F2N2O/c11-8-4-3-7(5-9(8)12)14-10(15)13-6-1-2-6/h3-6H,1-2H2,(H2,13,14,15). The van der Waals surface area contributed by atoms with Crippen LogP contribution >= 0.6 is 0 Å². The fourth-order valence-corrected chi connectivity index (χ4v) is 1.15. The van der Waals surface area contributed by atoms with Gasteiger partial charge in [0.05, 0.1) is 0 Å². The van der Waals surface area contributed by atoms with E-state index in [0.29, 0.717) is 0 Å². The largest absolute Gasteiger partial charge is 0.335 e. The van der Waals surface area contributed by atoms with Crippen molar-refractivity contribution in [2.24, 2.45) is 0 Å². The molecule has 0 spiro atoms. The number of amides is 2. The van der Waals surface area contributed by atoms with E-state index in [1.807, 2.05) is 0 Å². The maximum atomic E-state index is 12.8. The molecule has 0 heterocycles. The highest BCUT2D eigenvalue weighted by molar-refractivity contribution is 5.89. The van der Waals surface area contributed by atoms with Crippen molar-refractivity contribution in [2.45, 2.75) is 18.9 Å². The molecule has 0 bridgehead atoms. The molecular formula is C10H10F2N2O. The second kappa shape index (κ2) is 3.84. The van der Waals surface area contributed by atoms with Gasteiger partial charge in [0.2, 0.25) is 0 Å². The summed E-state index contributed by atoms with van der Waals surface area (Å²) in [5, 5.41) is 5.09. The Morgan fingerprint density at radius 2 is 2.00 bits per heavy atom. The predicted molar refractivity (Wildman–Crippen MR) is 51.5 cm³/mol. The maximum Gasteiger partial charge on any atom is 0.319 e. The highest BCUT2D eigenvalue weighted by atomic mass is 19.2. The van der Waals surface area contributed by atoms with Crippen molar-refractivity contribution in [1.82, 2.24) is 5.32 Å². The lowest BCUT2D eigenvalue weighted by Gasteiger charge is -2.06. The van der Waals surface area contributed by atoms with Gasteiger partial charge in [-0.3, -0.25) is 0 Å². The van der Waals surface area contributed by atoms with Crippen LogP contribution < -0.4 is 10.6 Å². The average Bonchev–Trinajstić information content (AvgIpc) is 2.95. The molecule has 1 aromatic carbocycles. The lowest BCUT2D eigenvalue weighted by molar-refractivity contribution is 0.251. The molecule has 2 rings (SSSR count). The molecule has 2 amide bonds. The third-order valence-corrected chi connectivity index (χ3v) is 2.09. The molecule has 1 aliphatic rings. The quantitative estimate of drug-likeness (QED) is 0.775. The highest BCUT2D eigenvalue weighted by Gasteiger charge is 2.23. The number of hydrogen-bond acceptors (Lipinski definition) is 1. The van der Waals surface area contributed by atoms with Crippen LogP contribution in [0.3, 0.4) is 0 Å². The van der Waals surface area contributed by atoms with E-state index in [0.717, 1.165) is 25.0 Å². The molecule has 80 valence electrons. The van der Waals surface area contributed by atoms with Crippen LogP contribution in [0.2, 0.25) is 0 Å². The van der Waals surface area contributed by atoms with Gasteiger partial charge in [-0.15, -0.1) is 0 Å². The van der Waals surface area contributed by atoms with Crippen LogP contribution in [0.1, 0.15) is 12.8 Å². The van der Waals surface area contributed by atoms with Gasteiger partial charge in [-0.1, -0.05) is 0 Å². The summed E-state index contributed by atoms with van der Waals surface area (Å²) in [5.41, 5.74) is 0.243. The predicted octanol–water partition coefficient (Wildman–Crippen LogP) is 2.25. The van der Waals surface area contributed by atoms with Gasteiger partial charge in [0.1, 0.15) is 0 Å². The summed E-state index contributed by atoms with van der Waals surface area (Å²) in [6.45, 7) is 0. The van der Waals surface area contributed by atoms with Crippen LogP contribution in [-0.2, 0) is 0 Å². The number of hydrogen-bond donors (Lipinski definition) is 2. The Balaban J connectivity index is 1.97. The molecule has 5 heteroatoms. The number of urea groups is 1. The Morgan fingerprint density at radius 1 is 1.27 bits per heavy atom. The molecule has 1 fully saturated rings. The molecular weight excluding hydrogens is 202 g/mol. The Hall–Kier alpha value is -1.65. The number of anilines is 1. The minimum absolute atomic E-state index is 0.232. The number of halogens is 2. The fraction of sp³-hybridized carbons (Fsp3) is 0.300. The molecule has 15 heavy (non-hydrogen) atoms. The van der Waals surface area contributed by atoms with Gasteiger partial charge in [-0.05, 0) is 25.0 Å². The number of nitrogens with one attached hydrogen (secondary N) is 2. The summed E-state index contributed by atoms with van der Waals surface area (Å²) in [4.78, 5) is 11.2. The van der Waals surface area contributed by atoms with Crippen LogP contribution in [0, 0.1) is 11.6 Å². The van der Waals surface area contributed by atoms with Crippen molar-refractivity contribution < 1.29 is 13.6 Å². The van der Waals surface area contributed by atoms with Crippen LogP contribution in [0.4, 0.5) is 19.3 Å². The molecule has 1 saturated carbocycles. The molecule has 0 aromatic heterocycles. The lowest BCUT2D eigenvalue weighted by atomic mass is 10.3. The Kier molecular flexibility index (Phi) is 2.53. The second-order valence-electron chi connectivity index (χ2n) is 3.50. The minimum atomic E-state index is -0.973. The normalized spacial score (nSPS) is 14.8. The summed E-state index contributed by atoms with van der Waals surface area (Å²) in [6.07, 6.45) is 1.95. The molecule has 1 aliphatic carbocycles. The number of carbonyl (C=O) groups excluding carboxylic acids is 1. The van der Waals surface area contributed by atoms with E-state index in [4.69, 9.17) is 0 Å². The van der Waals surface area contributed by atoms with E-state index < -0.39 is 11.6 Å². The maximum absolute atomic E-state index is 12.8. The first-order valence-corrected chi connectivity index (χ1v) is 4.68. The first kappa shape index (κ1) is 9.89. The van der Waals surface area contributed by atoms with E-state index in [2.05, 4.69) is 10.6 Å². The van der Waals surface area contributed by atoms with Crippen molar-refractivity contribution in [2.75, 3.05) is 5.32 Å². The Bertz CT molecular complexity index is 391. The first-order chi connectivity index (χ1) is 7.15. The van der Waals surface area contributed by atoms with Gasteiger partial charge >= 0.3 is 6.03 Å². The van der Waals surface area contributed by atoms with Crippen molar-refractivity contribution in [3.05, 3.63) is 29.8 Å². The van der Waals surface area contributed by atoms with E-state index in [1.54, 1.807) is 0 Å². The topological polar surface area (TPSA) is 41.1 Å². The van der Waals surface area contributed by atoms with Gasteiger partial charge < -0.3 is 10.6 Å². The summed E-state index contributed by atoms with van der Waals surface area (Å²) < 4.78 is 25.3. The van der Waals surface area contributed by atoms with Gasteiger partial charge in [-0.25, -0.2) is 13.6 Å². The summed E-state index contributed by atoms with van der Waals surface area (Å²) >= 11 is 0. The third-order valence-electron chi connectivity index (χ3n) is 2.09. The minimum Gasteiger partial charge on any atom is -0.335 e. The van der Waals surface area contributed by atoms with Crippen LogP contribution in [0.15, 0.2) is 18.2 Å². The van der Waals surface area contributed by atoms with Crippen LogP contribution in [-0.4, -0.2) is 12.1 Å². The van der Waals surface area contributed by atoms with Gasteiger partial charge in [0, 0.05) is 17.8 Å². The van der Waals surface area contributed by atoms with Gasteiger partial charge in [-0.2, -0.15) is 0 Å². The van der Waals surface area contributed by atoms with Gasteiger partial charge in [0.15, 0.2) is 11.6 Å². The van der Waals surface area contributed by atoms with Crippen molar-refractivity contribution in [1.29, 1.82) is 0 Å². The number of rotatable bonds is 2. The SMILES string of the molecule is O=C(Nc1ccc(F)c(F)c1)NC1CC1. The van der Waals surface area contributed by atoms with Crippen molar-refractivity contribution in [3.8, 4) is 0 Å². The smallest absolute Gasteiger partial charge is 0.319 e. The van der Waals surface area contributed by atoms with E-state index in [-0.39, 0.29) is 17.8 Å². The number of benzene rings is 1. The molecule has 0 unspecified atom stereocenters. The van der Waals surface area contributed by atoms with Crippen molar-refractivity contribution >= 4 is 11.7 Å². The zero-order valence-electron chi connectivity index (χ0n) is 7.89. The van der Waals surface area contributed by atoms with E-state index >= 15 is 0 Å². The summed E-state index contributed by atoms with van der Waals surface area (Å²) in [7, 11) is 0. The Labute approximate surface area is 85.5 Å². The first-order valence-electron chi connectivity index (χ1n) is 4.68. The molecule has 0 atom stereocenters. The molecule has 0 radical (unpaired) electrons. The Morgan fingerprint density at radius 3 is 2.60 bits per heavy atom. The molecule has 0 saturated heterocycles. The third kappa shape index (κ3) is 2.65. The molecule has 3 nitrogen and oxygen atoms in total. The zero-order chi connectivity index (χ0) is 10.8. The monoisotopic (exact) mass is 212 g/mol. The second-order valence-corrected chi connectivity index (χ2v) is 3.50. The summed E-state index contributed by atoms with van der Waals surface area (Å²) in [6, 6.07) is 3.08. The average molecular weight is 212 g/mol. The molecule has 0 aliphatic heterocycles. The van der Waals surface area contributed by atoms with Crippen molar-refractivity contribution in [3.63, 3.8) is 0 Å². The van der Waals surface area contributed by atoms with E-state index in [9.17, 15) is 13.6 Å². The zero-order valence-corrected chi connectivity index (χ0v) is 7.89. The highest BCUT2D eigenvalue weighted by Crippen LogP contribution is 2.19. The van der Waals surface area contributed by atoms with E-state index in [1.165, 1.54) is 6.07 Å². The number of carbonyl (C=O) groups is 1. The lowest BCUT2D eigenvalue weighted by Crippen LogP contribution is -2.30. The van der Waals surface area contributed by atoms with Gasteiger partial charge in [0.25, 0.3) is 0 Å². The fourth-order valence-electron chi connectivity index (χ4n) is 1.15. The van der Waals surface area contributed by atoms with Crippen LogP contribution in [0.5, 0.6) is 0 Å². The summed E-state index contributed by atoms with van der Waals surface area (Å²) in [5.74, 6) is -1.90. The molecule has 2 N–H and O–H groups in total. The van der Waals surface area contributed by atoms with Crippen LogP contribution in [0.25, 0.3) is 0 Å². The molecule has 1 aromatic rings.